The summed E-state index contributed by atoms with van der Waals surface area (Å²) in [6.45, 7) is 0.211. The lowest BCUT2D eigenvalue weighted by Gasteiger charge is -2.13. The standard InChI is InChI=1S/C20H12Cl2N4O2/c21-13-3-4-18(27-11-17-16-2-1-5-24-20(16)26-25-17)19(9-13)28-15-7-12(10-23)6-14(22)8-15/h1-9H,11H2,(H,24,25,26). The molecular formula is C20H12Cl2N4O2. The number of aromatic nitrogens is 3. The maximum atomic E-state index is 9.10. The molecule has 0 saturated carbocycles. The van der Waals surface area contributed by atoms with Crippen LogP contribution < -0.4 is 9.47 Å². The maximum Gasteiger partial charge on any atom is 0.170 e. The average molecular weight is 411 g/mol. The molecule has 0 spiro atoms. The van der Waals surface area contributed by atoms with Crippen LogP contribution in [0.1, 0.15) is 11.3 Å². The van der Waals surface area contributed by atoms with E-state index in [1.165, 1.54) is 0 Å². The van der Waals surface area contributed by atoms with Crippen LogP contribution in [-0.2, 0) is 6.61 Å². The van der Waals surface area contributed by atoms with Crippen LogP contribution in [0, 0.1) is 11.3 Å². The lowest BCUT2D eigenvalue weighted by atomic mass is 10.2. The molecule has 0 amide bonds. The van der Waals surface area contributed by atoms with Crippen molar-refractivity contribution in [1.82, 2.24) is 15.2 Å². The van der Waals surface area contributed by atoms with Crippen LogP contribution in [0.3, 0.4) is 0 Å². The maximum absolute atomic E-state index is 9.10. The molecule has 8 heteroatoms. The van der Waals surface area contributed by atoms with E-state index in [0.29, 0.717) is 38.5 Å². The van der Waals surface area contributed by atoms with Crippen LogP contribution in [0.4, 0.5) is 0 Å². The Morgan fingerprint density at radius 2 is 1.93 bits per heavy atom. The van der Waals surface area contributed by atoms with Gasteiger partial charge in [0.2, 0.25) is 0 Å². The second-order valence-corrected chi connectivity index (χ2v) is 6.71. The molecule has 0 atom stereocenters. The number of H-pyrrole nitrogens is 1. The number of aromatic amines is 1. The number of rotatable bonds is 5. The van der Waals surface area contributed by atoms with Crippen LogP contribution >= 0.6 is 23.2 Å². The van der Waals surface area contributed by atoms with Gasteiger partial charge in [-0.25, -0.2) is 4.98 Å². The first kappa shape index (κ1) is 18.1. The molecule has 138 valence electrons. The molecule has 28 heavy (non-hydrogen) atoms. The van der Waals surface area contributed by atoms with E-state index >= 15 is 0 Å². The molecule has 0 bridgehead atoms. The third kappa shape index (κ3) is 3.86. The molecule has 6 nitrogen and oxygen atoms in total. The summed E-state index contributed by atoms with van der Waals surface area (Å²) in [6, 6.07) is 15.6. The van der Waals surface area contributed by atoms with Gasteiger partial charge in [0.15, 0.2) is 17.1 Å². The summed E-state index contributed by atoms with van der Waals surface area (Å²) in [6.07, 6.45) is 1.69. The van der Waals surface area contributed by atoms with Gasteiger partial charge in [-0.3, -0.25) is 5.10 Å². The monoisotopic (exact) mass is 410 g/mol. The molecule has 2 heterocycles. The van der Waals surface area contributed by atoms with E-state index in [0.717, 1.165) is 11.1 Å². The molecule has 2 aromatic carbocycles. The molecule has 4 aromatic rings. The Labute approximate surface area is 170 Å². The number of ether oxygens (including phenoxy) is 2. The number of nitriles is 1. The first-order valence-electron chi connectivity index (χ1n) is 8.21. The summed E-state index contributed by atoms with van der Waals surface area (Å²) in [4.78, 5) is 4.21. The molecule has 4 rings (SSSR count). The molecule has 0 aliphatic rings. The fraction of sp³-hybridized carbons (Fsp3) is 0.0500. The zero-order chi connectivity index (χ0) is 19.5. The van der Waals surface area contributed by atoms with Gasteiger partial charge in [0.25, 0.3) is 0 Å². The number of nitrogens with one attached hydrogen (secondary N) is 1. The summed E-state index contributed by atoms with van der Waals surface area (Å²) in [7, 11) is 0. The number of hydrogen-bond donors (Lipinski definition) is 1. The Bertz CT molecular complexity index is 1200. The van der Waals surface area contributed by atoms with E-state index < -0.39 is 0 Å². The Balaban J connectivity index is 1.60. The first-order chi connectivity index (χ1) is 13.6. The average Bonchev–Trinajstić information content (AvgIpc) is 3.10. The lowest BCUT2D eigenvalue weighted by molar-refractivity contribution is 0.288. The fourth-order valence-corrected chi connectivity index (χ4v) is 3.05. The van der Waals surface area contributed by atoms with Gasteiger partial charge in [-0.15, -0.1) is 0 Å². The predicted octanol–water partition coefficient (Wildman–Crippen LogP) is 5.51. The summed E-state index contributed by atoms with van der Waals surface area (Å²) >= 11 is 12.2. The van der Waals surface area contributed by atoms with Crippen molar-refractivity contribution in [2.45, 2.75) is 6.61 Å². The van der Waals surface area contributed by atoms with Crippen molar-refractivity contribution in [3.8, 4) is 23.3 Å². The van der Waals surface area contributed by atoms with E-state index in [1.807, 2.05) is 18.2 Å². The van der Waals surface area contributed by atoms with Crippen molar-refractivity contribution in [2.75, 3.05) is 0 Å². The summed E-state index contributed by atoms with van der Waals surface area (Å²) in [5.41, 5.74) is 1.80. The zero-order valence-corrected chi connectivity index (χ0v) is 15.8. The first-order valence-corrected chi connectivity index (χ1v) is 8.97. The van der Waals surface area contributed by atoms with Crippen LogP contribution in [0.5, 0.6) is 17.2 Å². The van der Waals surface area contributed by atoms with Crippen molar-refractivity contribution >= 4 is 34.2 Å². The number of benzene rings is 2. The molecule has 0 aliphatic heterocycles. The van der Waals surface area contributed by atoms with E-state index in [2.05, 4.69) is 15.2 Å². The van der Waals surface area contributed by atoms with Crippen LogP contribution in [0.25, 0.3) is 11.0 Å². The number of nitrogens with zero attached hydrogens (tertiary/aromatic N) is 3. The molecule has 2 aromatic heterocycles. The van der Waals surface area contributed by atoms with Gasteiger partial charge >= 0.3 is 0 Å². The second kappa shape index (κ2) is 7.77. The number of pyridine rings is 1. The topological polar surface area (TPSA) is 83.8 Å². The van der Waals surface area contributed by atoms with Gasteiger partial charge in [0.1, 0.15) is 18.1 Å². The highest BCUT2D eigenvalue weighted by Gasteiger charge is 2.12. The SMILES string of the molecule is N#Cc1cc(Cl)cc(Oc2cc(Cl)ccc2OCc2n[nH]c3ncccc23)c1. The lowest BCUT2D eigenvalue weighted by Crippen LogP contribution is -1.98. The minimum Gasteiger partial charge on any atom is -0.483 e. The van der Waals surface area contributed by atoms with Crippen molar-refractivity contribution in [3.63, 3.8) is 0 Å². The van der Waals surface area contributed by atoms with E-state index in [-0.39, 0.29) is 6.61 Å². The number of halogens is 2. The summed E-state index contributed by atoms with van der Waals surface area (Å²) < 4.78 is 11.8. The Kier molecular flexibility index (Phi) is 5.02. The highest BCUT2D eigenvalue weighted by atomic mass is 35.5. The minimum absolute atomic E-state index is 0.211. The molecule has 0 fully saturated rings. The Hall–Kier alpha value is -3.27. The van der Waals surface area contributed by atoms with Crippen LogP contribution in [-0.4, -0.2) is 15.2 Å². The molecule has 0 radical (unpaired) electrons. The third-order valence-corrected chi connectivity index (χ3v) is 4.37. The van der Waals surface area contributed by atoms with Crippen LogP contribution in [0.15, 0.2) is 54.7 Å². The molecule has 0 saturated heterocycles. The van der Waals surface area contributed by atoms with Gasteiger partial charge in [-0.05, 0) is 42.5 Å². The summed E-state index contributed by atoms with van der Waals surface area (Å²) in [5, 5.41) is 18.0. The van der Waals surface area contributed by atoms with Gasteiger partial charge in [-0.1, -0.05) is 23.2 Å². The number of hydrogen-bond acceptors (Lipinski definition) is 5. The molecule has 1 N–H and O–H groups in total. The van der Waals surface area contributed by atoms with Crippen molar-refractivity contribution in [3.05, 3.63) is 76.0 Å². The fourth-order valence-electron chi connectivity index (χ4n) is 2.66. The quantitative estimate of drug-likeness (QED) is 0.468. The van der Waals surface area contributed by atoms with E-state index in [1.54, 1.807) is 42.6 Å². The molecule has 0 unspecified atom stereocenters. The van der Waals surface area contributed by atoms with E-state index in [4.69, 9.17) is 37.9 Å². The van der Waals surface area contributed by atoms with Crippen molar-refractivity contribution in [2.24, 2.45) is 0 Å². The largest absolute Gasteiger partial charge is 0.483 e. The molecular weight excluding hydrogens is 399 g/mol. The highest BCUT2D eigenvalue weighted by molar-refractivity contribution is 6.31. The minimum atomic E-state index is 0.211. The highest BCUT2D eigenvalue weighted by Crippen LogP contribution is 2.36. The smallest absolute Gasteiger partial charge is 0.170 e. The third-order valence-electron chi connectivity index (χ3n) is 3.91. The van der Waals surface area contributed by atoms with Gasteiger partial charge in [-0.2, -0.15) is 10.4 Å². The van der Waals surface area contributed by atoms with Crippen molar-refractivity contribution in [1.29, 1.82) is 5.26 Å². The van der Waals surface area contributed by atoms with Gasteiger partial charge in [0, 0.05) is 27.7 Å². The predicted molar refractivity (Wildman–Crippen MR) is 106 cm³/mol. The van der Waals surface area contributed by atoms with Gasteiger partial charge in [0.05, 0.1) is 11.6 Å². The molecule has 0 aliphatic carbocycles. The van der Waals surface area contributed by atoms with E-state index in [9.17, 15) is 0 Å². The van der Waals surface area contributed by atoms with Crippen molar-refractivity contribution < 1.29 is 9.47 Å². The Morgan fingerprint density at radius 3 is 2.79 bits per heavy atom. The second-order valence-electron chi connectivity index (χ2n) is 5.84. The van der Waals surface area contributed by atoms with Crippen LogP contribution in [0.2, 0.25) is 10.0 Å². The normalized spacial score (nSPS) is 10.6. The Morgan fingerprint density at radius 1 is 1.04 bits per heavy atom. The summed E-state index contributed by atoms with van der Waals surface area (Å²) in [5.74, 6) is 1.28. The zero-order valence-electron chi connectivity index (χ0n) is 14.3. The number of fused-ring (bicyclic) bond motifs is 1. The van der Waals surface area contributed by atoms with Gasteiger partial charge < -0.3 is 9.47 Å².